The van der Waals surface area contributed by atoms with E-state index in [0.717, 1.165) is 28.4 Å². The Labute approximate surface area is 215 Å². The van der Waals surface area contributed by atoms with Gasteiger partial charge in [0.15, 0.2) is 11.5 Å². The van der Waals surface area contributed by atoms with E-state index in [1.165, 1.54) is 23.6 Å². The topological polar surface area (TPSA) is 59.9 Å². The minimum Gasteiger partial charge on any atom is -0.490 e. The van der Waals surface area contributed by atoms with Crippen molar-refractivity contribution >= 4 is 38.8 Å². The smallest absolute Gasteiger partial charge is 0.244 e. The van der Waals surface area contributed by atoms with Crippen molar-refractivity contribution in [2.45, 2.75) is 46.1 Å². The molecule has 5 nitrogen and oxygen atoms in total. The Balaban J connectivity index is 1.28. The van der Waals surface area contributed by atoms with Crippen molar-refractivity contribution in [2.24, 2.45) is 22.4 Å². The quantitative estimate of drug-likeness (QED) is 0.253. The van der Waals surface area contributed by atoms with E-state index < -0.39 is 0 Å². The van der Waals surface area contributed by atoms with Gasteiger partial charge in [0.2, 0.25) is 5.91 Å². The van der Waals surface area contributed by atoms with Gasteiger partial charge >= 0.3 is 0 Å². The van der Waals surface area contributed by atoms with E-state index in [4.69, 9.17) is 9.47 Å². The number of hydrazone groups is 1. The number of fused-ring (bicyclic) bond motifs is 2. The van der Waals surface area contributed by atoms with Crippen LogP contribution < -0.4 is 14.9 Å². The molecule has 1 N–H and O–H groups in total. The van der Waals surface area contributed by atoms with Crippen LogP contribution in [0, 0.1) is 17.3 Å². The molecule has 3 aromatic carbocycles. The van der Waals surface area contributed by atoms with Crippen molar-refractivity contribution in [3.8, 4) is 11.5 Å². The number of ether oxygens (including phenoxy) is 2. The van der Waals surface area contributed by atoms with Gasteiger partial charge in [-0.1, -0.05) is 62.2 Å². The lowest BCUT2D eigenvalue weighted by atomic mass is 9.90. The monoisotopic (exact) mass is 534 g/mol. The molecule has 2 saturated carbocycles. The Morgan fingerprint density at radius 3 is 2.80 bits per heavy atom. The number of nitrogens with one attached hydrogen (secondary N) is 1. The molecule has 1 amide bonds. The number of carbonyl (C=O) groups excluding carboxylic acids is 1. The molecule has 3 aromatic rings. The molecule has 5 rings (SSSR count). The number of amides is 1. The van der Waals surface area contributed by atoms with Crippen LogP contribution in [-0.2, 0) is 11.4 Å². The molecule has 182 valence electrons. The summed E-state index contributed by atoms with van der Waals surface area (Å²) in [5, 5.41) is 6.61. The zero-order chi connectivity index (χ0) is 24.4. The summed E-state index contributed by atoms with van der Waals surface area (Å²) >= 11 is 3.64. The second-order valence-corrected chi connectivity index (χ2v) is 10.6. The molecular formula is C29H31BrN2O3. The average molecular weight is 535 g/mol. The number of hydrogen-bond acceptors (Lipinski definition) is 4. The first-order chi connectivity index (χ1) is 17.0. The van der Waals surface area contributed by atoms with E-state index in [0.29, 0.717) is 30.6 Å². The first-order valence-corrected chi connectivity index (χ1v) is 13.2. The lowest BCUT2D eigenvalue weighted by molar-refractivity contribution is -0.123. The SMILES string of the molecule is CCOc1cc(/C=N\NC(=O)[C@@H]2[C@H]3CCCC[C@@]32C)cc(Br)c1OCc1cccc2ccccc12. The molecule has 3 atom stereocenters. The van der Waals surface area contributed by atoms with Gasteiger partial charge in [-0.2, -0.15) is 5.10 Å². The third-order valence-electron chi connectivity index (χ3n) is 7.59. The lowest BCUT2D eigenvalue weighted by Gasteiger charge is -2.15. The fourth-order valence-corrected chi connectivity index (χ4v) is 6.30. The van der Waals surface area contributed by atoms with Gasteiger partial charge in [-0.05, 0) is 81.1 Å². The molecule has 0 spiro atoms. The Bertz CT molecular complexity index is 1270. The van der Waals surface area contributed by atoms with E-state index >= 15 is 0 Å². The molecule has 6 heteroatoms. The summed E-state index contributed by atoms with van der Waals surface area (Å²) in [6.45, 7) is 5.12. The number of rotatable bonds is 8. The largest absolute Gasteiger partial charge is 0.490 e. The molecule has 0 aliphatic heterocycles. The Hall–Kier alpha value is -2.86. The van der Waals surface area contributed by atoms with Gasteiger partial charge in [0.25, 0.3) is 0 Å². The van der Waals surface area contributed by atoms with Crippen molar-refractivity contribution in [1.82, 2.24) is 5.43 Å². The standard InChI is InChI=1S/C29H31BrN2O3/c1-3-34-25-16-19(17-31-32-28(33)26-23-13-6-7-14-29(23,26)2)15-24(30)27(25)35-18-21-11-8-10-20-9-4-5-12-22(20)21/h4-5,8-12,15-17,23,26H,3,6-7,13-14,18H2,1-2H3,(H,32,33)/b31-17-/t23-,26+,29+/m1/s1. The average Bonchev–Trinajstić information content (AvgIpc) is 3.49. The van der Waals surface area contributed by atoms with Crippen LogP contribution in [0.25, 0.3) is 10.8 Å². The first kappa shape index (κ1) is 23.9. The molecule has 0 heterocycles. The van der Waals surface area contributed by atoms with Crippen LogP contribution in [0.5, 0.6) is 11.5 Å². The highest BCUT2D eigenvalue weighted by atomic mass is 79.9. The number of hydrogen-bond donors (Lipinski definition) is 1. The van der Waals surface area contributed by atoms with Crippen LogP contribution >= 0.6 is 15.9 Å². The summed E-state index contributed by atoms with van der Waals surface area (Å²) in [5.41, 5.74) is 4.87. The van der Waals surface area contributed by atoms with Crippen LogP contribution in [0.15, 0.2) is 64.2 Å². The zero-order valence-corrected chi connectivity index (χ0v) is 21.8. The highest BCUT2D eigenvalue weighted by molar-refractivity contribution is 9.10. The number of nitrogens with zero attached hydrogens (tertiary/aromatic N) is 1. The van der Waals surface area contributed by atoms with Gasteiger partial charge in [0.1, 0.15) is 6.61 Å². The predicted octanol–water partition coefficient (Wildman–Crippen LogP) is 6.86. The number of halogens is 1. The molecule has 0 radical (unpaired) electrons. The third kappa shape index (κ3) is 4.81. The number of benzene rings is 3. The second kappa shape index (κ2) is 10.0. The van der Waals surface area contributed by atoms with Crippen molar-refractivity contribution in [2.75, 3.05) is 6.61 Å². The fraction of sp³-hybridized carbons (Fsp3) is 0.379. The van der Waals surface area contributed by atoms with Crippen molar-refractivity contribution in [3.05, 3.63) is 70.2 Å². The maximum Gasteiger partial charge on any atom is 0.244 e. The second-order valence-electron chi connectivity index (χ2n) is 9.76. The molecular weight excluding hydrogens is 504 g/mol. The summed E-state index contributed by atoms with van der Waals surface area (Å²) in [5.74, 6) is 1.93. The first-order valence-electron chi connectivity index (χ1n) is 12.4. The molecule has 2 aliphatic rings. The molecule has 0 aromatic heterocycles. The van der Waals surface area contributed by atoms with Gasteiger partial charge in [-0.3, -0.25) is 4.79 Å². The Morgan fingerprint density at radius 1 is 1.17 bits per heavy atom. The summed E-state index contributed by atoms with van der Waals surface area (Å²) in [6, 6.07) is 18.3. The normalized spacial score (nSPS) is 23.2. The van der Waals surface area contributed by atoms with Gasteiger partial charge in [0.05, 0.1) is 17.3 Å². The highest BCUT2D eigenvalue weighted by Crippen LogP contribution is 2.66. The maximum atomic E-state index is 12.7. The third-order valence-corrected chi connectivity index (χ3v) is 8.17. The van der Waals surface area contributed by atoms with Crippen LogP contribution in [0.4, 0.5) is 0 Å². The molecule has 0 bridgehead atoms. The minimum absolute atomic E-state index is 0.0368. The Kier molecular flexibility index (Phi) is 6.83. The minimum atomic E-state index is 0.0368. The van der Waals surface area contributed by atoms with Crippen molar-refractivity contribution < 1.29 is 14.3 Å². The van der Waals surface area contributed by atoms with Gasteiger partial charge in [-0.25, -0.2) is 5.43 Å². The maximum absolute atomic E-state index is 12.7. The van der Waals surface area contributed by atoms with Crippen molar-refractivity contribution in [1.29, 1.82) is 0 Å². The molecule has 2 aliphatic carbocycles. The van der Waals surface area contributed by atoms with Crippen LogP contribution in [0.1, 0.15) is 50.7 Å². The summed E-state index contributed by atoms with van der Waals surface area (Å²) in [4.78, 5) is 12.7. The Morgan fingerprint density at radius 2 is 2.00 bits per heavy atom. The van der Waals surface area contributed by atoms with E-state index in [2.05, 4.69) is 57.6 Å². The molecule has 0 saturated heterocycles. The van der Waals surface area contributed by atoms with E-state index in [1.54, 1.807) is 6.21 Å². The van der Waals surface area contributed by atoms with Gasteiger partial charge < -0.3 is 9.47 Å². The summed E-state index contributed by atoms with van der Waals surface area (Å²) in [7, 11) is 0. The van der Waals surface area contributed by atoms with E-state index in [9.17, 15) is 4.79 Å². The summed E-state index contributed by atoms with van der Waals surface area (Å²) < 4.78 is 12.9. The molecule has 0 unspecified atom stereocenters. The molecule has 35 heavy (non-hydrogen) atoms. The highest BCUT2D eigenvalue weighted by Gasteiger charge is 2.64. The fourth-order valence-electron chi connectivity index (χ4n) is 5.72. The predicted molar refractivity (Wildman–Crippen MR) is 143 cm³/mol. The lowest BCUT2D eigenvalue weighted by Crippen LogP contribution is -2.22. The van der Waals surface area contributed by atoms with E-state index in [1.807, 2.05) is 37.3 Å². The number of carbonyl (C=O) groups is 1. The van der Waals surface area contributed by atoms with Crippen LogP contribution in [0.3, 0.4) is 0 Å². The van der Waals surface area contributed by atoms with Crippen molar-refractivity contribution in [3.63, 3.8) is 0 Å². The summed E-state index contributed by atoms with van der Waals surface area (Å²) in [6.07, 6.45) is 6.42. The zero-order valence-electron chi connectivity index (χ0n) is 20.2. The van der Waals surface area contributed by atoms with Gasteiger partial charge in [0, 0.05) is 5.92 Å². The van der Waals surface area contributed by atoms with Crippen LogP contribution in [0.2, 0.25) is 0 Å². The van der Waals surface area contributed by atoms with E-state index in [-0.39, 0.29) is 17.2 Å². The van der Waals surface area contributed by atoms with Gasteiger partial charge in [-0.15, -0.1) is 0 Å². The van der Waals surface area contributed by atoms with Crippen LogP contribution in [-0.4, -0.2) is 18.7 Å². The molecule has 2 fully saturated rings.